The second-order valence-electron chi connectivity index (χ2n) is 8.73. The van der Waals surface area contributed by atoms with Crippen LogP contribution in [0.3, 0.4) is 0 Å². The summed E-state index contributed by atoms with van der Waals surface area (Å²) in [5.74, 6) is -0.383. The highest BCUT2D eigenvalue weighted by Gasteiger charge is 2.17. The molecule has 0 bridgehead atoms. The van der Waals surface area contributed by atoms with Crippen molar-refractivity contribution in [2.24, 2.45) is 0 Å². The van der Waals surface area contributed by atoms with Gasteiger partial charge >= 0.3 is 0 Å². The monoisotopic (exact) mass is 455 g/mol. The lowest BCUT2D eigenvalue weighted by Crippen LogP contribution is -2.33. The van der Waals surface area contributed by atoms with Crippen LogP contribution in [0.25, 0.3) is 33.3 Å². The van der Waals surface area contributed by atoms with Crippen molar-refractivity contribution < 1.29 is 9.59 Å². The molecule has 0 saturated carbocycles. The molecule has 2 heterocycles. The maximum absolute atomic E-state index is 12.9. The van der Waals surface area contributed by atoms with E-state index in [2.05, 4.69) is 38.8 Å². The molecule has 0 aliphatic carbocycles. The van der Waals surface area contributed by atoms with Gasteiger partial charge in [-0.25, -0.2) is 4.98 Å². The summed E-state index contributed by atoms with van der Waals surface area (Å²) in [7, 11) is 3.39. The van der Waals surface area contributed by atoms with Gasteiger partial charge < -0.3 is 20.5 Å². The van der Waals surface area contributed by atoms with Crippen LogP contribution < -0.4 is 10.6 Å². The molecule has 0 saturated heterocycles. The Kier molecular flexibility index (Phi) is 6.75. The topological polar surface area (TPSA) is 90.1 Å². The van der Waals surface area contributed by atoms with Crippen molar-refractivity contribution in [2.75, 3.05) is 26.0 Å². The lowest BCUT2D eigenvalue weighted by molar-refractivity contribution is -0.115. The van der Waals surface area contributed by atoms with Crippen LogP contribution in [0.15, 0.2) is 67.0 Å². The normalized spacial score (nSPS) is 11.1. The average Bonchev–Trinajstić information content (AvgIpc) is 3.26. The van der Waals surface area contributed by atoms with E-state index in [1.807, 2.05) is 50.4 Å². The first-order valence-electron chi connectivity index (χ1n) is 11.3. The van der Waals surface area contributed by atoms with Gasteiger partial charge in [-0.15, -0.1) is 0 Å². The predicted molar refractivity (Wildman–Crippen MR) is 137 cm³/mol. The highest BCUT2D eigenvalue weighted by Crippen LogP contribution is 2.32. The molecule has 0 aliphatic heterocycles. The van der Waals surface area contributed by atoms with Gasteiger partial charge in [0, 0.05) is 49.0 Å². The zero-order valence-corrected chi connectivity index (χ0v) is 19.8. The molecule has 174 valence electrons. The number of pyridine rings is 1. The first-order chi connectivity index (χ1) is 16.3. The minimum Gasteiger partial charge on any atom is -0.346 e. The third kappa shape index (κ3) is 5.00. The maximum atomic E-state index is 12.9. The van der Waals surface area contributed by atoms with Crippen LogP contribution in [0.2, 0.25) is 0 Å². The van der Waals surface area contributed by atoms with Crippen LogP contribution >= 0.6 is 0 Å². The van der Waals surface area contributed by atoms with Gasteiger partial charge in [-0.05, 0) is 29.3 Å². The summed E-state index contributed by atoms with van der Waals surface area (Å²) >= 11 is 0. The molecule has 2 aromatic heterocycles. The zero-order valence-electron chi connectivity index (χ0n) is 19.8. The van der Waals surface area contributed by atoms with Crippen molar-refractivity contribution in [3.8, 4) is 22.3 Å². The fourth-order valence-electron chi connectivity index (χ4n) is 3.76. The number of carbonyl (C=O) groups excluding carboxylic acids is 2. The van der Waals surface area contributed by atoms with Crippen LogP contribution in [0.4, 0.5) is 5.69 Å². The van der Waals surface area contributed by atoms with Crippen molar-refractivity contribution in [3.05, 3.63) is 72.6 Å². The van der Waals surface area contributed by atoms with Gasteiger partial charge in [0.25, 0.3) is 5.91 Å². The van der Waals surface area contributed by atoms with Crippen molar-refractivity contribution in [2.45, 2.75) is 19.9 Å². The van der Waals surface area contributed by atoms with Gasteiger partial charge in [-0.3, -0.25) is 9.59 Å². The molecule has 4 aromatic rings. The summed E-state index contributed by atoms with van der Waals surface area (Å²) in [5, 5.41) is 6.96. The molecule has 0 atom stereocenters. The number of hydrogen-bond donors (Lipinski definition) is 3. The quantitative estimate of drug-likeness (QED) is 0.382. The number of H-pyrrole nitrogens is 1. The highest BCUT2D eigenvalue weighted by atomic mass is 16.2. The fourth-order valence-corrected chi connectivity index (χ4v) is 3.76. The van der Waals surface area contributed by atoms with E-state index in [4.69, 9.17) is 0 Å². The number of aromatic amines is 1. The minimum atomic E-state index is -0.197. The van der Waals surface area contributed by atoms with Crippen molar-refractivity contribution in [3.63, 3.8) is 0 Å². The lowest BCUT2D eigenvalue weighted by Gasteiger charge is -2.17. The number of benzene rings is 2. The largest absolute Gasteiger partial charge is 0.346 e. The van der Waals surface area contributed by atoms with Gasteiger partial charge in [-0.1, -0.05) is 50.2 Å². The van der Waals surface area contributed by atoms with E-state index < -0.39 is 0 Å². The molecule has 2 amide bonds. The summed E-state index contributed by atoms with van der Waals surface area (Å²) in [4.78, 5) is 34.7. The Morgan fingerprint density at radius 2 is 1.76 bits per heavy atom. The van der Waals surface area contributed by atoms with E-state index in [-0.39, 0.29) is 24.4 Å². The van der Waals surface area contributed by atoms with E-state index in [9.17, 15) is 9.59 Å². The van der Waals surface area contributed by atoms with Gasteiger partial charge in [-0.2, -0.15) is 0 Å². The second-order valence-corrected chi connectivity index (χ2v) is 8.73. The van der Waals surface area contributed by atoms with Gasteiger partial charge in [0.15, 0.2) is 0 Å². The Labute approximate surface area is 199 Å². The van der Waals surface area contributed by atoms with E-state index in [1.165, 1.54) is 4.90 Å². The first kappa shape index (κ1) is 23.2. The first-order valence-corrected chi connectivity index (χ1v) is 11.3. The number of anilines is 1. The number of nitrogens with one attached hydrogen (secondary N) is 3. The Hall–Kier alpha value is -3.97. The number of carbonyl (C=O) groups is 2. The Bertz CT molecular complexity index is 1330. The number of fused-ring (bicyclic) bond motifs is 1. The van der Waals surface area contributed by atoms with Gasteiger partial charge in [0.05, 0.1) is 17.8 Å². The molecule has 7 nitrogen and oxygen atoms in total. The van der Waals surface area contributed by atoms with E-state index in [1.54, 1.807) is 26.4 Å². The summed E-state index contributed by atoms with van der Waals surface area (Å²) in [5.41, 5.74) is 5.61. The molecule has 0 fully saturated rings. The van der Waals surface area contributed by atoms with Crippen LogP contribution in [-0.2, 0) is 4.79 Å². The van der Waals surface area contributed by atoms with Gasteiger partial charge in [0.1, 0.15) is 5.65 Å². The van der Waals surface area contributed by atoms with Gasteiger partial charge in [0.2, 0.25) is 5.91 Å². The second kappa shape index (κ2) is 9.89. The average molecular weight is 456 g/mol. The van der Waals surface area contributed by atoms with Crippen molar-refractivity contribution in [1.29, 1.82) is 0 Å². The number of hydrogen-bond acceptors (Lipinski definition) is 4. The van der Waals surface area contributed by atoms with Crippen LogP contribution in [-0.4, -0.2) is 53.4 Å². The van der Waals surface area contributed by atoms with Crippen LogP contribution in [0.1, 0.15) is 24.2 Å². The summed E-state index contributed by atoms with van der Waals surface area (Å²) in [6.45, 7) is 4.12. The molecule has 4 rings (SSSR count). The Balaban J connectivity index is 1.72. The van der Waals surface area contributed by atoms with Crippen LogP contribution in [0.5, 0.6) is 0 Å². The molecule has 0 spiro atoms. The summed E-state index contributed by atoms with van der Waals surface area (Å²) in [6, 6.07) is 17.9. The minimum absolute atomic E-state index is 0.172. The molecule has 34 heavy (non-hydrogen) atoms. The summed E-state index contributed by atoms with van der Waals surface area (Å²) in [6.07, 6.45) is 3.75. The van der Waals surface area contributed by atoms with Crippen molar-refractivity contribution >= 4 is 28.5 Å². The third-order valence-electron chi connectivity index (χ3n) is 5.55. The molecule has 3 N–H and O–H groups in total. The predicted octanol–water partition coefficient (Wildman–Crippen LogP) is 4.54. The van der Waals surface area contributed by atoms with E-state index in [0.29, 0.717) is 11.3 Å². The molecule has 0 unspecified atom stereocenters. The number of amides is 2. The number of aromatic nitrogens is 2. The smallest absolute Gasteiger partial charge is 0.255 e. The number of nitrogens with zero attached hydrogens (tertiary/aromatic N) is 2. The van der Waals surface area contributed by atoms with E-state index in [0.717, 1.165) is 33.3 Å². The molecule has 0 radical (unpaired) electrons. The van der Waals surface area contributed by atoms with E-state index >= 15 is 0 Å². The molecule has 7 heteroatoms. The molecule has 2 aromatic carbocycles. The molecular formula is C27H29N5O2. The lowest BCUT2D eigenvalue weighted by atomic mass is 9.99. The third-order valence-corrected chi connectivity index (χ3v) is 5.55. The highest BCUT2D eigenvalue weighted by molar-refractivity contribution is 6.05. The van der Waals surface area contributed by atoms with Crippen LogP contribution in [0, 0.1) is 0 Å². The molecular weight excluding hydrogens is 426 g/mol. The van der Waals surface area contributed by atoms with Crippen molar-refractivity contribution in [1.82, 2.24) is 20.2 Å². The maximum Gasteiger partial charge on any atom is 0.255 e. The standard InChI is InChI=1S/C27H29N5O2/c1-17(2)28-16-25(33)31-24-11-10-19(12-22(24)27(34)32(3)4)20-13-21-23(15-30-26(21)29-14-20)18-8-6-5-7-9-18/h5-15,17,28H,16H2,1-4H3,(H,29,30)(H,31,33). The summed E-state index contributed by atoms with van der Waals surface area (Å²) < 4.78 is 0. The fraction of sp³-hybridized carbons (Fsp3) is 0.222. The number of rotatable bonds is 7. The zero-order chi connectivity index (χ0) is 24.2. The Morgan fingerprint density at radius 1 is 1.00 bits per heavy atom. The Morgan fingerprint density at radius 3 is 2.47 bits per heavy atom. The molecule has 0 aliphatic rings. The SMILES string of the molecule is CC(C)NCC(=O)Nc1ccc(-c2cnc3[nH]cc(-c4ccccc4)c3c2)cc1C(=O)N(C)C.